The van der Waals surface area contributed by atoms with Crippen molar-refractivity contribution >= 4 is 46.3 Å². The summed E-state index contributed by atoms with van der Waals surface area (Å²) in [4.78, 5) is 26.8. The van der Waals surface area contributed by atoms with Gasteiger partial charge in [-0.15, -0.1) is 0 Å². The first-order valence-corrected chi connectivity index (χ1v) is 27.3. The van der Waals surface area contributed by atoms with E-state index in [2.05, 4.69) is 264 Å². The number of aryl methyl sites for hydroxylation is 3. The molecule has 11 heteroatoms. The van der Waals surface area contributed by atoms with E-state index in [0.29, 0.717) is 35.3 Å². The monoisotopic (exact) mass is 1040 g/mol. The highest BCUT2D eigenvalue weighted by molar-refractivity contribution is 5.88. The summed E-state index contributed by atoms with van der Waals surface area (Å²) in [5.74, 6) is 3.58. The predicted molar refractivity (Wildman–Crippen MR) is 326 cm³/mol. The minimum absolute atomic E-state index is 0.420. The third-order valence-corrected chi connectivity index (χ3v) is 15.1. The Balaban J connectivity index is 0.000000161. The Morgan fingerprint density at radius 2 is 0.537 bits per heavy atom. The van der Waals surface area contributed by atoms with Crippen molar-refractivity contribution in [3.8, 4) is 22.3 Å². The largest absolute Gasteiger partial charge is 0.385 e. The maximum absolute atomic E-state index is 4.62. The molecule has 2 aliphatic rings. The van der Waals surface area contributed by atoms with Crippen molar-refractivity contribution in [1.82, 2.24) is 29.9 Å². The van der Waals surface area contributed by atoms with Crippen LogP contribution in [0.25, 0.3) is 22.3 Å². The zero-order chi connectivity index (χ0) is 54.6. The third-order valence-electron chi connectivity index (χ3n) is 15.1. The van der Waals surface area contributed by atoms with E-state index < -0.39 is 10.8 Å². The molecule has 0 saturated heterocycles. The Morgan fingerprint density at radius 1 is 0.275 bits per heavy atom. The van der Waals surface area contributed by atoms with E-state index in [1.54, 1.807) is 0 Å². The second-order valence-electron chi connectivity index (χ2n) is 20.1. The Labute approximate surface area is 467 Å². The van der Waals surface area contributed by atoms with E-state index in [9.17, 15) is 0 Å². The average Bonchev–Trinajstić information content (AvgIpc) is 4.13. The van der Waals surface area contributed by atoms with Crippen molar-refractivity contribution in [2.75, 3.05) is 39.7 Å². The van der Waals surface area contributed by atoms with Gasteiger partial charge in [-0.2, -0.15) is 24.9 Å². The van der Waals surface area contributed by atoms with E-state index >= 15 is 0 Å². The van der Waals surface area contributed by atoms with Crippen LogP contribution in [0.3, 0.4) is 0 Å². The Bertz CT molecular complexity index is 3860. The predicted octanol–water partition coefficient (Wildman–Crippen LogP) is 15.5. The molecule has 11 nitrogen and oxygen atoms in total. The van der Waals surface area contributed by atoms with Gasteiger partial charge in [0.2, 0.25) is 17.8 Å². The molecule has 80 heavy (non-hydrogen) atoms. The van der Waals surface area contributed by atoms with Crippen molar-refractivity contribution in [1.29, 1.82) is 0 Å². The molecule has 2 heterocycles. The number of para-hydroxylation sites is 1. The lowest BCUT2D eigenvalue weighted by molar-refractivity contribution is 0.768. The van der Waals surface area contributed by atoms with Gasteiger partial charge in [0.25, 0.3) is 0 Å². The molecule has 2 aliphatic carbocycles. The number of hydrogen-bond donors (Lipinski definition) is 5. The van der Waals surface area contributed by atoms with Gasteiger partial charge in [-0.25, -0.2) is 4.98 Å². The van der Waals surface area contributed by atoms with E-state index in [0.717, 1.165) is 41.5 Å². The van der Waals surface area contributed by atoms with Crippen LogP contribution in [0, 0.1) is 20.8 Å². The Morgan fingerprint density at radius 3 is 0.863 bits per heavy atom. The van der Waals surface area contributed by atoms with Crippen LogP contribution in [-0.2, 0) is 10.8 Å². The molecule has 0 bridgehead atoms. The van der Waals surface area contributed by atoms with Crippen molar-refractivity contribution in [3.63, 3.8) is 0 Å². The lowest BCUT2D eigenvalue weighted by Crippen LogP contribution is -2.28. The summed E-state index contributed by atoms with van der Waals surface area (Å²) in [6.45, 7) is 11.6. The van der Waals surface area contributed by atoms with Gasteiger partial charge in [0.1, 0.15) is 17.5 Å². The van der Waals surface area contributed by atoms with Gasteiger partial charge in [-0.1, -0.05) is 164 Å². The summed E-state index contributed by atoms with van der Waals surface area (Å²) in [6.07, 6.45) is 0. The number of benzene rings is 9. The maximum Gasteiger partial charge on any atom is 0.232 e. The molecule has 392 valence electrons. The molecule has 0 radical (unpaired) electrons. The van der Waals surface area contributed by atoms with Crippen molar-refractivity contribution < 1.29 is 0 Å². The van der Waals surface area contributed by atoms with E-state index in [1.807, 2.05) is 51.1 Å². The molecule has 5 N–H and O–H groups in total. The van der Waals surface area contributed by atoms with E-state index in [4.69, 9.17) is 0 Å². The number of hydrogen-bond acceptors (Lipinski definition) is 11. The molecule has 0 saturated carbocycles. The number of nitrogens with one attached hydrogen (secondary N) is 5. The summed E-state index contributed by atoms with van der Waals surface area (Å²) in [7, 11) is 0. The summed E-state index contributed by atoms with van der Waals surface area (Å²) < 4.78 is 0. The fourth-order valence-corrected chi connectivity index (χ4v) is 11.9. The first kappa shape index (κ1) is 50.8. The molecule has 0 spiro atoms. The van der Waals surface area contributed by atoms with Crippen LogP contribution >= 0.6 is 0 Å². The average molecular weight is 1040 g/mol. The lowest BCUT2D eigenvalue weighted by Gasteiger charge is -2.34. The SMILES string of the molecule is CCNc1ccc(C2(c3ccc(Nc4nc(C)nc(C)n4)cc3)c3ccccc3-c3ccccc32)cc1.CCNc1ccc(C2(c3ccc(Nc4nc(C)nc(Nc5ccccc5)n4)cc3)c3ccccc3-c3ccccc32)cc1. The Kier molecular flexibility index (Phi) is 13.8. The first-order chi connectivity index (χ1) is 39.2. The fraction of sp³-hybridized carbons (Fsp3) is 0.130. The number of anilines is 8. The van der Waals surface area contributed by atoms with Gasteiger partial charge < -0.3 is 26.6 Å². The topological polar surface area (TPSA) is 137 Å². The summed E-state index contributed by atoms with van der Waals surface area (Å²) >= 11 is 0. The van der Waals surface area contributed by atoms with Gasteiger partial charge in [-0.3, -0.25) is 0 Å². The highest BCUT2D eigenvalue weighted by Gasteiger charge is 2.47. The second kappa shape index (κ2) is 21.8. The number of rotatable bonds is 14. The van der Waals surface area contributed by atoms with E-state index in [-0.39, 0.29) is 0 Å². The normalized spacial score (nSPS) is 12.9. The van der Waals surface area contributed by atoms with Crippen LogP contribution in [0.5, 0.6) is 0 Å². The van der Waals surface area contributed by atoms with E-state index in [1.165, 1.54) is 66.8 Å². The van der Waals surface area contributed by atoms with Gasteiger partial charge in [-0.05, 0) is 162 Å². The molecule has 9 aromatic carbocycles. The molecule has 13 rings (SSSR count). The smallest absolute Gasteiger partial charge is 0.232 e. The Hall–Kier alpha value is -10.0. The number of aromatic nitrogens is 6. The highest BCUT2D eigenvalue weighted by Crippen LogP contribution is 2.58. The van der Waals surface area contributed by atoms with Gasteiger partial charge in [0, 0.05) is 41.5 Å². The van der Waals surface area contributed by atoms with Crippen LogP contribution < -0.4 is 26.6 Å². The van der Waals surface area contributed by atoms with Gasteiger partial charge >= 0.3 is 0 Å². The van der Waals surface area contributed by atoms with Crippen LogP contribution in [-0.4, -0.2) is 43.0 Å². The first-order valence-electron chi connectivity index (χ1n) is 27.3. The minimum atomic E-state index is -0.451. The van der Waals surface area contributed by atoms with Crippen molar-refractivity contribution in [2.45, 2.75) is 45.4 Å². The number of nitrogens with zero attached hydrogens (tertiary/aromatic N) is 6. The van der Waals surface area contributed by atoms with Crippen LogP contribution in [0.4, 0.5) is 46.3 Å². The summed E-state index contributed by atoms with van der Waals surface area (Å²) in [5, 5.41) is 16.9. The second-order valence-corrected chi connectivity index (χ2v) is 20.1. The lowest BCUT2D eigenvalue weighted by atomic mass is 9.67. The summed E-state index contributed by atoms with van der Waals surface area (Å²) in [5.41, 5.74) is 19.3. The molecule has 0 amide bonds. The zero-order valence-corrected chi connectivity index (χ0v) is 45.5. The molecule has 0 fully saturated rings. The molecule has 2 aromatic heterocycles. The highest BCUT2D eigenvalue weighted by atomic mass is 15.2. The molecule has 0 unspecified atom stereocenters. The van der Waals surface area contributed by atoms with Crippen LogP contribution in [0.2, 0.25) is 0 Å². The van der Waals surface area contributed by atoms with Crippen molar-refractivity contribution in [2.24, 2.45) is 0 Å². The zero-order valence-electron chi connectivity index (χ0n) is 45.5. The molecular weight excluding hydrogens is 983 g/mol. The maximum atomic E-state index is 4.62. The standard InChI is InChI=1S/C37H32N6.C32H29N5/c1-3-38-28-21-17-26(18-22-28)37(33-15-9-7-13-31(33)32-14-8-10-16-34(32)37)27-19-23-30(24-20-27)42-36-40-25(2)39-35(43-36)41-29-11-5-4-6-12-29;1-4-33-25-17-13-23(14-18-25)32(29-11-7-5-9-27(29)28-10-6-8-12-30(28)32)24-15-19-26(20-16-24)37-31-35-21(2)34-22(3)36-31/h4-24,38H,3H2,1-2H3,(H2,39,40,41,42,43);5-20,33H,4H2,1-3H3,(H,34,35,36,37). The van der Waals surface area contributed by atoms with Crippen molar-refractivity contribution in [3.05, 3.63) is 286 Å². The molecular formula is C69H61N11. The van der Waals surface area contributed by atoms with Crippen LogP contribution in [0.15, 0.2) is 224 Å². The fourth-order valence-electron chi connectivity index (χ4n) is 11.9. The quantitative estimate of drug-likeness (QED) is 0.0712. The third kappa shape index (κ3) is 9.42. The van der Waals surface area contributed by atoms with Crippen LogP contribution in [0.1, 0.15) is 75.8 Å². The molecule has 0 aliphatic heterocycles. The molecule has 11 aromatic rings. The van der Waals surface area contributed by atoms with Gasteiger partial charge in [0.15, 0.2) is 0 Å². The minimum Gasteiger partial charge on any atom is -0.385 e. The summed E-state index contributed by atoms with van der Waals surface area (Å²) in [6, 6.07) is 80.2. The number of fused-ring (bicyclic) bond motifs is 6. The molecule has 0 atom stereocenters. The van der Waals surface area contributed by atoms with Gasteiger partial charge in [0.05, 0.1) is 10.8 Å².